The van der Waals surface area contributed by atoms with E-state index in [1.54, 1.807) is 6.07 Å². The quantitative estimate of drug-likeness (QED) is 0.709. The van der Waals surface area contributed by atoms with Gasteiger partial charge in [0.25, 0.3) is 0 Å². The zero-order valence-electron chi connectivity index (χ0n) is 7.22. The molecular weight excluding hydrogens is 280 g/mol. The predicted octanol–water partition coefficient (Wildman–Crippen LogP) is 3.40. The molecule has 13 heavy (non-hydrogen) atoms. The fraction of sp³-hybridized carbons (Fsp3) is 0.200. The summed E-state index contributed by atoms with van der Waals surface area (Å²) in [5.41, 5.74) is 0.979. The van der Waals surface area contributed by atoms with Crippen molar-refractivity contribution < 1.29 is 4.39 Å². The topological polar surface area (TPSA) is 4.93 Å². The number of halogens is 2. The van der Waals surface area contributed by atoms with E-state index in [2.05, 4.69) is 40.1 Å². The number of rotatable bonds is 1. The Kier molecular flexibility index (Phi) is 2.27. The summed E-state index contributed by atoms with van der Waals surface area (Å²) in [7, 11) is 0. The summed E-state index contributed by atoms with van der Waals surface area (Å²) in [5, 5.41) is 1.10. The molecule has 68 valence electrons. The highest BCUT2D eigenvalue weighted by atomic mass is 127. The number of fused-ring (bicyclic) bond motifs is 1. The molecule has 0 aliphatic rings. The minimum atomic E-state index is -0.170. The van der Waals surface area contributed by atoms with E-state index in [1.807, 2.05) is 6.07 Å². The minimum absolute atomic E-state index is 0.170. The monoisotopic (exact) mass is 289 g/mol. The predicted molar refractivity (Wildman–Crippen MR) is 60.3 cm³/mol. The average molecular weight is 289 g/mol. The van der Waals surface area contributed by atoms with Crippen molar-refractivity contribution in [1.82, 2.24) is 4.57 Å². The molecule has 0 bridgehead atoms. The van der Waals surface area contributed by atoms with Crippen LogP contribution in [0.1, 0.15) is 6.92 Å². The number of aromatic nitrogens is 1. The summed E-state index contributed by atoms with van der Waals surface area (Å²) >= 11 is 2.27. The zero-order valence-corrected chi connectivity index (χ0v) is 9.38. The lowest BCUT2D eigenvalue weighted by Crippen LogP contribution is -1.95. The Hall–Kier alpha value is -0.580. The van der Waals surface area contributed by atoms with Gasteiger partial charge in [0, 0.05) is 11.9 Å². The van der Waals surface area contributed by atoms with Crippen LogP contribution in [0.3, 0.4) is 0 Å². The van der Waals surface area contributed by atoms with Crippen LogP contribution in [-0.2, 0) is 6.54 Å². The second-order valence-electron chi connectivity index (χ2n) is 2.91. The maximum atomic E-state index is 12.9. The van der Waals surface area contributed by atoms with Crippen LogP contribution in [0.15, 0.2) is 24.3 Å². The molecule has 0 aliphatic carbocycles. The van der Waals surface area contributed by atoms with Crippen LogP contribution in [0, 0.1) is 9.52 Å². The third-order valence-electron chi connectivity index (χ3n) is 2.13. The molecule has 0 saturated heterocycles. The lowest BCUT2D eigenvalue weighted by molar-refractivity contribution is 0.628. The summed E-state index contributed by atoms with van der Waals surface area (Å²) in [6.45, 7) is 2.94. The van der Waals surface area contributed by atoms with Crippen LogP contribution in [0.4, 0.5) is 4.39 Å². The lowest BCUT2D eigenvalue weighted by Gasteiger charge is -2.01. The summed E-state index contributed by atoms with van der Waals surface area (Å²) in [6, 6.07) is 6.97. The van der Waals surface area contributed by atoms with Gasteiger partial charge in [-0.2, -0.15) is 0 Å². The third-order valence-corrected chi connectivity index (χ3v) is 3.03. The van der Waals surface area contributed by atoms with E-state index < -0.39 is 0 Å². The fourth-order valence-electron chi connectivity index (χ4n) is 1.52. The number of hydrogen-bond donors (Lipinski definition) is 0. The Morgan fingerprint density at radius 3 is 2.85 bits per heavy atom. The summed E-state index contributed by atoms with van der Waals surface area (Å²) in [6.07, 6.45) is 0. The van der Waals surface area contributed by atoms with Crippen molar-refractivity contribution >= 4 is 33.5 Å². The molecule has 1 nitrogen and oxygen atoms in total. The van der Waals surface area contributed by atoms with Crippen LogP contribution >= 0.6 is 22.6 Å². The van der Waals surface area contributed by atoms with Crippen molar-refractivity contribution in [2.24, 2.45) is 0 Å². The van der Waals surface area contributed by atoms with Crippen molar-refractivity contribution in [1.29, 1.82) is 0 Å². The maximum absolute atomic E-state index is 12.9. The summed E-state index contributed by atoms with van der Waals surface area (Å²) in [4.78, 5) is 0. The van der Waals surface area contributed by atoms with Crippen LogP contribution in [0.2, 0.25) is 0 Å². The maximum Gasteiger partial charge on any atom is 0.125 e. The third kappa shape index (κ3) is 1.45. The Labute approximate surface area is 89.7 Å². The Balaban J connectivity index is 2.80. The van der Waals surface area contributed by atoms with E-state index in [1.165, 1.54) is 6.07 Å². The van der Waals surface area contributed by atoms with Gasteiger partial charge in [0.2, 0.25) is 0 Å². The molecule has 0 saturated carbocycles. The van der Waals surface area contributed by atoms with Crippen molar-refractivity contribution in [2.45, 2.75) is 13.5 Å². The van der Waals surface area contributed by atoms with E-state index in [9.17, 15) is 4.39 Å². The van der Waals surface area contributed by atoms with Gasteiger partial charge in [-0.1, -0.05) is 0 Å². The fourth-order valence-corrected chi connectivity index (χ4v) is 2.45. The highest BCUT2D eigenvalue weighted by Crippen LogP contribution is 2.21. The molecule has 0 radical (unpaired) electrons. The molecule has 0 fully saturated rings. The van der Waals surface area contributed by atoms with Crippen molar-refractivity contribution in [3.63, 3.8) is 0 Å². The molecule has 1 aromatic carbocycles. The van der Waals surface area contributed by atoms with E-state index in [0.717, 1.165) is 21.1 Å². The number of benzene rings is 1. The van der Waals surface area contributed by atoms with Gasteiger partial charge in [-0.3, -0.25) is 0 Å². The summed E-state index contributed by atoms with van der Waals surface area (Å²) in [5.74, 6) is -0.170. The first-order valence-electron chi connectivity index (χ1n) is 4.16. The van der Waals surface area contributed by atoms with Gasteiger partial charge < -0.3 is 4.57 Å². The SMILES string of the molecule is CCn1c(I)cc2ccc(F)cc21. The molecule has 2 aromatic rings. The van der Waals surface area contributed by atoms with E-state index in [-0.39, 0.29) is 5.82 Å². The van der Waals surface area contributed by atoms with Gasteiger partial charge in [0.15, 0.2) is 0 Å². The van der Waals surface area contributed by atoms with Crippen molar-refractivity contribution in [3.8, 4) is 0 Å². The standard InChI is InChI=1S/C10H9FIN/c1-2-13-9-6-8(11)4-3-7(9)5-10(13)12/h3-6H,2H2,1H3. The van der Waals surface area contributed by atoms with Gasteiger partial charge in [0.05, 0.1) is 9.22 Å². The lowest BCUT2D eigenvalue weighted by atomic mass is 10.2. The molecule has 0 spiro atoms. The molecular formula is C10H9FIN. The van der Waals surface area contributed by atoms with E-state index in [4.69, 9.17) is 0 Å². The molecule has 0 N–H and O–H groups in total. The van der Waals surface area contributed by atoms with Crippen LogP contribution < -0.4 is 0 Å². The van der Waals surface area contributed by atoms with Gasteiger partial charge in [0.1, 0.15) is 5.82 Å². The van der Waals surface area contributed by atoms with Crippen molar-refractivity contribution in [2.75, 3.05) is 0 Å². The van der Waals surface area contributed by atoms with Crippen LogP contribution in [0.5, 0.6) is 0 Å². The average Bonchev–Trinajstić information content (AvgIpc) is 2.40. The van der Waals surface area contributed by atoms with Crippen LogP contribution in [-0.4, -0.2) is 4.57 Å². The second kappa shape index (κ2) is 3.29. The van der Waals surface area contributed by atoms with E-state index >= 15 is 0 Å². The Morgan fingerprint density at radius 1 is 1.38 bits per heavy atom. The number of hydrogen-bond acceptors (Lipinski definition) is 0. The summed E-state index contributed by atoms with van der Waals surface area (Å²) < 4.78 is 16.2. The minimum Gasteiger partial charge on any atom is -0.336 e. The molecule has 0 amide bonds. The van der Waals surface area contributed by atoms with Gasteiger partial charge in [-0.15, -0.1) is 0 Å². The molecule has 0 atom stereocenters. The molecule has 1 aromatic heterocycles. The van der Waals surface area contributed by atoms with Crippen molar-refractivity contribution in [3.05, 3.63) is 33.8 Å². The van der Waals surface area contributed by atoms with E-state index in [0.29, 0.717) is 0 Å². The Morgan fingerprint density at radius 2 is 2.15 bits per heavy atom. The number of nitrogens with zero attached hydrogens (tertiary/aromatic N) is 1. The normalized spacial score (nSPS) is 11.0. The van der Waals surface area contributed by atoms with Gasteiger partial charge >= 0.3 is 0 Å². The molecule has 2 rings (SSSR count). The zero-order chi connectivity index (χ0) is 9.42. The molecule has 1 heterocycles. The second-order valence-corrected chi connectivity index (χ2v) is 4.02. The number of aryl methyl sites for hydroxylation is 1. The first-order valence-corrected chi connectivity index (χ1v) is 5.24. The highest BCUT2D eigenvalue weighted by Gasteiger charge is 2.05. The first kappa shape index (κ1) is 8.99. The van der Waals surface area contributed by atoms with Crippen LogP contribution in [0.25, 0.3) is 10.9 Å². The molecule has 0 unspecified atom stereocenters. The molecule has 3 heteroatoms. The molecule has 0 aliphatic heterocycles. The van der Waals surface area contributed by atoms with Gasteiger partial charge in [-0.05, 0) is 53.8 Å². The largest absolute Gasteiger partial charge is 0.336 e. The first-order chi connectivity index (χ1) is 6.22. The Bertz CT molecular complexity index is 447. The van der Waals surface area contributed by atoms with Gasteiger partial charge in [-0.25, -0.2) is 4.39 Å². The highest BCUT2D eigenvalue weighted by molar-refractivity contribution is 14.1. The smallest absolute Gasteiger partial charge is 0.125 e.